The number of carbonyl (C=O) groups is 1. The van der Waals surface area contributed by atoms with E-state index in [2.05, 4.69) is 10.9 Å². The van der Waals surface area contributed by atoms with Crippen molar-refractivity contribution in [2.75, 3.05) is 0 Å². The van der Waals surface area contributed by atoms with Crippen LogP contribution >= 0.6 is 0 Å². The molecule has 0 aromatic heterocycles. The lowest BCUT2D eigenvalue weighted by atomic mass is 10.0. The maximum atomic E-state index is 13.7. The molecule has 1 rings (SSSR count). The van der Waals surface area contributed by atoms with Gasteiger partial charge in [-0.15, -0.1) is 0 Å². The fourth-order valence-corrected chi connectivity index (χ4v) is 1.50. The average molecular weight is 282 g/mol. The Kier molecular flexibility index (Phi) is 5.00. The van der Waals surface area contributed by atoms with Gasteiger partial charge in [-0.05, 0) is 58.4 Å². The van der Waals surface area contributed by atoms with Crippen molar-refractivity contribution in [3.8, 4) is 0 Å². The maximum absolute atomic E-state index is 13.7. The number of allylic oxidation sites excluding steroid dienone is 1. The number of hydrogen-bond acceptors (Lipinski definition) is 2. The molecule has 0 atom stereocenters. The van der Waals surface area contributed by atoms with Crippen molar-refractivity contribution >= 4 is 11.5 Å². The molecular formula is C15H20F2N2O. The van der Waals surface area contributed by atoms with Crippen LogP contribution in [0.1, 0.15) is 40.2 Å². The molecule has 3 nitrogen and oxygen atoms in total. The number of halogens is 2. The molecule has 0 radical (unpaired) electrons. The zero-order valence-electron chi connectivity index (χ0n) is 12.4. The highest BCUT2D eigenvalue weighted by atomic mass is 19.1. The van der Waals surface area contributed by atoms with E-state index in [4.69, 9.17) is 0 Å². The number of nitrogens with one attached hydrogen (secondary N) is 2. The Morgan fingerprint density at radius 3 is 2.30 bits per heavy atom. The fraction of sp³-hybridized carbons (Fsp3) is 0.400. The summed E-state index contributed by atoms with van der Waals surface area (Å²) >= 11 is 0. The van der Waals surface area contributed by atoms with Gasteiger partial charge < -0.3 is 0 Å². The Morgan fingerprint density at radius 2 is 1.75 bits per heavy atom. The first-order chi connectivity index (χ1) is 9.11. The predicted molar refractivity (Wildman–Crippen MR) is 75.7 cm³/mol. The lowest BCUT2D eigenvalue weighted by molar-refractivity contribution is -0.118. The smallest absolute Gasteiger partial charge is 0.261 e. The molecule has 110 valence electrons. The molecule has 1 aromatic rings. The second-order valence-corrected chi connectivity index (χ2v) is 5.70. The van der Waals surface area contributed by atoms with Crippen LogP contribution in [0.15, 0.2) is 23.8 Å². The molecule has 2 N–H and O–H groups in total. The molecule has 0 aliphatic carbocycles. The van der Waals surface area contributed by atoms with Gasteiger partial charge in [0.2, 0.25) is 0 Å². The van der Waals surface area contributed by atoms with Gasteiger partial charge in [-0.3, -0.25) is 10.2 Å². The Balaban J connectivity index is 2.99. The van der Waals surface area contributed by atoms with E-state index in [1.165, 1.54) is 0 Å². The first-order valence-electron chi connectivity index (χ1n) is 6.32. The summed E-state index contributed by atoms with van der Waals surface area (Å²) in [5.41, 5.74) is 5.91. The monoisotopic (exact) mass is 282 g/mol. The predicted octanol–water partition coefficient (Wildman–Crippen LogP) is 3.18. The van der Waals surface area contributed by atoms with Crippen molar-refractivity contribution in [2.24, 2.45) is 0 Å². The van der Waals surface area contributed by atoms with Crippen LogP contribution in [0, 0.1) is 11.6 Å². The van der Waals surface area contributed by atoms with Crippen molar-refractivity contribution in [2.45, 2.75) is 40.2 Å². The van der Waals surface area contributed by atoms with Crippen molar-refractivity contribution in [1.29, 1.82) is 0 Å². The molecule has 1 aromatic carbocycles. The molecule has 0 aliphatic heterocycles. The molecule has 0 spiro atoms. The first kappa shape index (κ1) is 16.3. The third-order valence-electron chi connectivity index (χ3n) is 2.79. The largest absolute Gasteiger partial charge is 0.287 e. The van der Waals surface area contributed by atoms with Gasteiger partial charge in [-0.25, -0.2) is 14.2 Å². The summed E-state index contributed by atoms with van der Waals surface area (Å²) in [7, 11) is 0. The van der Waals surface area contributed by atoms with Crippen molar-refractivity contribution in [3.63, 3.8) is 0 Å². The normalized spacial score (nSPS) is 12.9. The third kappa shape index (κ3) is 4.42. The molecule has 0 fully saturated rings. The van der Waals surface area contributed by atoms with Gasteiger partial charge in [0.05, 0.1) is 0 Å². The second kappa shape index (κ2) is 6.13. The van der Waals surface area contributed by atoms with Gasteiger partial charge in [-0.2, -0.15) is 0 Å². The molecule has 5 heteroatoms. The summed E-state index contributed by atoms with van der Waals surface area (Å²) < 4.78 is 26.8. The van der Waals surface area contributed by atoms with Crippen molar-refractivity contribution in [1.82, 2.24) is 10.9 Å². The van der Waals surface area contributed by atoms with E-state index in [0.29, 0.717) is 11.1 Å². The fourth-order valence-electron chi connectivity index (χ4n) is 1.50. The lowest BCUT2D eigenvalue weighted by Crippen LogP contribution is -2.49. The Labute approximate surface area is 118 Å². The van der Waals surface area contributed by atoms with Crippen LogP contribution < -0.4 is 10.9 Å². The quantitative estimate of drug-likeness (QED) is 0.660. The molecule has 0 heterocycles. The number of hydrogen-bond donors (Lipinski definition) is 2. The summed E-state index contributed by atoms with van der Waals surface area (Å²) in [6.07, 6.45) is 0. The number of rotatable bonds is 3. The highest BCUT2D eigenvalue weighted by molar-refractivity contribution is 6.00. The van der Waals surface area contributed by atoms with E-state index >= 15 is 0 Å². The van der Waals surface area contributed by atoms with Gasteiger partial charge in [0.25, 0.3) is 5.91 Å². The molecule has 0 unspecified atom stereocenters. The molecule has 0 saturated carbocycles. The van der Waals surface area contributed by atoms with Crippen LogP contribution in [0.4, 0.5) is 8.78 Å². The van der Waals surface area contributed by atoms with Crippen LogP contribution in [0.2, 0.25) is 0 Å². The zero-order chi connectivity index (χ0) is 15.5. The summed E-state index contributed by atoms with van der Waals surface area (Å²) in [6.45, 7) is 8.84. The van der Waals surface area contributed by atoms with Crippen LogP contribution in [-0.4, -0.2) is 11.4 Å². The second-order valence-electron chi connectivity index (χ2n) is 5.70. The van der Waals surface area contributed by atoms with Gasteiger partial charge >= 0.3 is 0 Å². The van der Waals surface area contributed by atoms with E-state index in [-0.39, 0.29) is 17.0 Å². The highest BCUT2D eigenvalue weighted by Crippen LogP contribution is 2.22. The molecular weight excluding hydrogens is 262 g/mol. The molecule has 0 bridgehead atoms. The minimum atomic E-state index is -0.556. The number of carbonyl (C=O) groups excluding carboxylic acids is 1. The molecule has 0 saturated heterocycles. The van der Waals surface area contributed by atoms with Gasteiger partial charge in [0, 0.05) is 16.7 Å². The Hall–Kier alpha value is -1.75. The van der Waals surface area contributed by atoms with Crippen LogP contribution in [0.3, 0.4) is 0 Å². The van der Waals surface area contributed by atoms with Gasteiger partial charge in [0.1, 0.15) is 11.6 Å². The Bertz CT molecular complexity index is 545. The third-order valence-corrected chi connectivity index (χ3v) is 2.79. The topological polar surface area (TPSA) is 41.1 Å². The number of hydrazine groups is 1. The summed E-state index contributed by atoms with van der Waals surface area (Å²) in [6, 6.07) is 3.17. The van der Waals surface area contributed by atoms with Gasteiger partial charge in [-0.1, -0.05) is 0 Å². The van der Waals surface area contributed by atoms with Crippen LogP contribution in [0.5, 0.6) is 0 Å². The average Bonchev–Trinajstić information content (AvgIpc) is 2.36. The minimum absolute atomic E-state index is 0.0911. The van der Waals surface area contributed by atoms with Crippen molar-refractivity contribution in [3.05, 3.63) is 41.0 Å². The zero-order valence-corrected chi connectivity index (χ0v) is 12.4. The minimum Gasteiger partial charge on any atom is -0.287 e. The summed E-state index contributed by atoms with van der Waals surface area (Å²) in [5, 5.41) is 0. The van der Waals surface area contributed by atoms with E-state index < -0.39 is 11.6 Å². The summed E-state index contributed by atoms with van der Waals surface area (Å²) in [4.78, 5) is 12.0. The lowest BCUT2D eigenvalue weighted by Gasteiger charge is -2.21. The van der Waals surface area contributed by atoms with E-state index in [0.717, 1.165) is 18.2 Å². The van der Waals surface area contributed by atoms with E-state index in [9.17, 15) is 13.6 Å². The van der Waals surface area contributed by atoms with E-state index in [1.54, 1.807) is 13.8 Å². The molecule has 1 amide bonds. The van der Waals surface area contributed by atoms with Crippen LogP contribution in [-0.2, 0) is 4.79 Å². The molecule has 0 aliphatic rings. The van der Waals surface area contributed by atoms with Gasteiger partial charge in [0.15, 0.2) is 0 Å². The number of benzene rings is 1. The van der Waals surface area contributed by atoms with E-state index in [1.807, 2.05) is 20.8 Å². The number of amides is 1. The standard InChI is InChI=1S/C15H20F2N2O/c1-9(12-8-11(16)6-7-13(12)17)10(2)14(20)18-19-15(3,4)5/h6-8,19H,1-5H3,(H,18,20)/b10-9-. The highest BCUT2D eigenvalue weighted by Gasteiger charge is 2.15. The first-order valence-corrected chi connectivity index (χ1v) is 6.32. The van der Waals surface area contributed by atoms with Crippen LogP contribution in [0.25, 0.3) is 5.57 Å². The SMILES string of the molecule is C/C(C(=O)NNC(C)(C)C)=C(\C)c1cc(F)ccc1F. The summed E-state index contributed by atoms with van der Waals surface area (Å²) in [5.74, 6) is -1.47. The Morgan fingerprint density at radius 1 is 1.15 bits per heavy atom. The molecule has 20 heavy (non-hydrogen) atoms. The maximum Gasteiger partial charge on any atom is 0.261 e. The van der Waals surface area contributed by atoms with Crippen molar-refractivity contribution < 1.29 is 13.6 Å².